The Morgan fingerprint density at radius 2 is 1.96 bits per heavy atom. The highest BCUT2D eigenvalue weighted by Crippen LogP contribution is 2.62. The molecule has 2 saturated heterocycles. The quantitative estimate of drug-likeness (QED) is 0.818. The highest BCUT2D eigenvalue weighted by atomic mass is 19.1. The minimum Gasteiger partial charge on any atom is -0.366 e. The van der Waals surface area contributed by atoms with Gasteiger partial charge in [0.15, 0.2) is 0 Å². The zero-order valence-electron chi connectivity index (χ0n) is 16.2. The third-order valence-corrected chi connectivity index (χ3v) is 8.03. The van der Waals surface area contributed by atoms with E-state index in [1.165, 1.54) is 25.3 Å². The van der Waals surface area contributed by atoms with Gasteiger partial charge in [0.1, 0.15) is 5.82 Å². The van der Waals surface area contributed by atoms with Gasteiger partial charge in [-0.2, -0.15) is 0 Å². The fraction of sp³-hybridized carbons (Fsp3) is 0.682. The smallest absolute Gasteiger partial charge is 0.236 e. The van der Waals surface area contributed by atoms with Gasteiger partial charge < -0.3 is 9.80 Å². The van der Waals surface area contributed by atoms with Crippen molar-refractivity contribution in [2.75, 3.05) is 50.7 Å². The van der Waals surface area contributed by atoms with Crippen molar-refractivity contribution in [2.24, 2.45) is 23.2 Å². The SMILES string of the molecule is C[C@]12CN(CC(=O)N3CCN(c4ccccc4F)CC3)C[C@H]1[C@H]1CC[C@@H]2C1. The van der Waals surface area contributed by atoms with Gasteiger partial charge in [0, 0.05) is 39.3 Å². The van der Waals surface area contributed by atoms with Gasteiger partial charge in [0.25, 0.3) is 0 Å². The van der Waals surface area contributed by atoms with Crippen LogP contribution in [0.25, 0.3) is 0 Å². The van der Waals surface area contributed by atoms with Crippen LogP contribution in [-0.2, 0) is 4.79 Å². The van der Waals surface area contributed by atoms with Gasteiger partial charge in [-0.3, -0.25) is 9.69 Å². The van der Waals surface area contributed by atoms with E-state index in [9.17, 15) is 9.18 Å². The van der Waals surface area contributed by atoms with Gasteiger partial charge in [0.2, 0.25) is 5.91 Å². The van der Waals surface area contributed by atoms with Crippen LogP contribution in [0.3, 0.4) is 0 Å². The molecule has 1 amide bonds. The van der Waals surface area contributed by atoms with E-state index in [0.717, 1.165) is 30.8 Å². The molecule has 2 saturated carbocycles. The van der Waals surface area contributed by atoms with Crippen LogP contribution < -0.4 is 4.90 Å². The molecule has 2 aliphatic heterocycles. The summed E-state index contributed by atoms with van der Waals surface area (Å²) in [6.45, 7) is 8.02. The van der Waals surface area contributed by atoms with Crippen LogP contribution >= 0.6 is 0 Å². The minimum absolute atomic E-state index is 0.177. The number of likely N-dealkylation sites (tertiary alicyclic amines) is 1. The maximum Gasteiger partial charge on any atom is 0.236 e. The second-order valence-corrected chi connectivity index (χ2v) is 9.37. The standard InChI is InChI=1S/C22H30FN3O/c1-22-15-24(13-18(22)16-6-7-17(22)12-16)14-21(27)26-10-8-25(9-11-26)20-5-3-2-4-19(20)23/h2-5,16-18H,6-15H2,1H3/t16-,17+,18-,22+/m0/s1. The van der Waals surface area contributed by atoms with Crippen molar-refractivity contribution in [1.29, 1.82) is 0 Å². The number of hydrogen-bond donors (Lipinski definition) is 0. The molecule has 5 rings (SSSR count). The summed E-state index contributed by atoms with van der Waals surface area (Å²) in [5.41, 5.74) is 1.10. The average molecular weight is 372 g/mol. The van der Waals surface area contributed by atoms with E-state index in [1.54, 1.807) is 6.07 Å². The van der Waals surface area contributed by atoms with Gasteiger partial charge in [-0.25, -0.2) is 4.39 Å². The molecule has 1 aromatic carbocycles. The Morgan fingerprint density at radius 1 is 1.19 bits per heavy atom. The maximum atomic E-state index is 14.0. The first-order valence-electron chi connectivity index (χ1n) is 10.5. The van der Waals surface area contributed by atoms with Crippen molar-refractivity contribution in [3.8, 4) is 0 Å². The lowest BCUT2D eigenvalue weighted by atomic mass is 9.70. The molecule has 27 heavy (non-hydrogen) atoms. The minimum atomic E-state index is -0.177. The predicted molar refractivity (Wildman–Crippen MR) is 104 cm³/mol. The Morgan fingerprint density at radius 3 is 2.70 bits per heavy atom. The van der Waals surface area contributed by atoms with Gasteiger partial charge in [-0.15, -0.1) is 0 Å². The predicted octanol–water partition coefficient (Wildman–Crippen LogP) is 2.84. The summed E-state index contributed by atoms with van der Waals surface area (Å²) in [6.07, 6.45) is 4.24. The molecule has 0 radical (unpaired) electrons. The molecule has 4 fully saturated rings. The zero-order chi connectivity index (χ0) is 18.6. The monoisotopic (exact) mass is 371 g/mol. The van der Waals surface area contributed by atoms with Gasteiger partial charge in [-0.05, 0) is 54.6 Å². The van der Waals surface area contributed by atoms with Crippen LogP contribution in [0.5, 0.6) is 0 Å². The van der Waals surface area contributed by atoms with E-state index < -0.39 is 0 Å². The van der Waals surface area contributed by atoms with Gasteiger partial charge >= 0.3 is 0 Å². The molecule has 0 N–H and O–H groups in total. The number of amides is 1. The second-order valence-electron chi connectivity index (χ2n) is 9.37. The Labute approximate surface area is 161 Å². The van der Waals surface area contributed by atoms with E-state index in [-0.39, 0.29) is 11.7 Å². The molecule has 4 aliphatic rings. The normalized spacial score (nSPS) is 35.7. The van der Waals surface area contributed by atoms with Crippen molar-refractivity contribution in [1.82, 2.24) is 9.80 Å². The Kier molecular flexibility index (Phi) is 4.19. The number of fused-ring (bicyclic) bond motifs is 5. The highest BCUT2D eigenvalue weighted by molar-refractivity contribution is 5.78. The third kappa shape index (κ3) is 2.86. The van der Waals surface area contributed by atoms with E-state index in [1.807, 2.05) is 17.0 Å². The van der Waals surface area contributed by atoms with E-state index in [0.29, 0.717) is 43.8 Å². The summed E-state index contributed by atoms with van der Waals surface area (Å²) in [5, 5.41) is 0. The van der Waals surface area contributed by atoms with Gasteiger partial charge in [0.05, 0.1) is 12.2 Å². The fourth-order valence-electron chi connectivity index (χ4n) is 6.57. The number of benzene rings is 1. The summed E-state index contributed by atoms with van der Waals surface area (Å²) in [7, 11) is 0. The van der Waals surface area contributed by atoms with Crippen LogP contribution in [0.4, 0.5) is 10.1 Å². The number of anilines is 1. The number of nitrogens with zero attached hydrogens (tertiary/aromatic N) is 3. The number of hydrogen-bond acceptors (Lipinski definition) is 3. The fourth-order valence-corrected chi connectivity index (χ4v) is 6.57. The molecule has 0 unspecified atom stereocenters. The highest BCUT2D eigenvalue weighted by Gasteiger charge is 2.59. The van der Waals surface area contributed by atoms with Gasteiger partial charge in [-0.1, -0.05) is 19.1 Å². The van der Waals surface area contributed by atoms with E-state index in [2.05, 4.69) is 16.7 Å². The molecule has 5 heteroatoms. The van der Waals surface area contributed by atoms with E-state index >= 15 is 0 Å². The molecule has 2 heterocycles. The average Bonchev–Trinajstić information content (AvgIpc) is 3.33. The molecule has 2 bridgehead atoms. The summed E-state index contributed by atoms with van der Waals surface area (Å²) in [6, 6.07) is 6.92. The lowest BCUT2D eigenvalue weighted by Gasteiger charge is -2.37. The Hall–Kier alpha value is -1.62. The van der Waals surface area contributed by atoms with Crippen molar-refractivity contribution >= 4 is 11.6 Å². The van der Waals surface area contributed by atoms with Crippen LogP contribution in [-0.4, -0.2) is 61.5 Å². The van der Waals surface area contributed by atoms with Crippen molar-refractivity contribution in [3.63, 3.8) is 0 Å². The van der Waals surface area contributed by atoms with E-state index in [4.69, 9.17) is 0 Å². The number of halogens is 1. The first-order chi connectivity index (χ1) is 13.0. The number of para-hydroxylation sites is 1. The molecular weight excluding hydrogens is 341 g/mol. The zero-order valence-corrected chi connectivity index (χ0v) is 16.2. The lowest BCUT2D eigenvalue weighted by molar-refractivity contribution is -0.132. The molecular formula is C22H30FN3O. The van der Waals surface area contributed by atoms with Crippen LogP contribution in [0.15, 0.2) is 24.3 Å². The molecule has 0 aromatic heterocycles. The lowest BCUT2D eigenvalue weighted by Crippen LogP contribution is -2.51. The first kappa shape index (κ1) is 17.5. The Balaban J connectivity index is 1.16. The summed E-state index contributed by atoms with van der Waals surface area (Å²) < 4.78 is 14.0. The topological polar surface area (TPSA) is 26.8 Å². The van der Waals surface area contributed by atoms with Crippen molar-refractivity contribution in [2.45, 2.75) is 26.2 Å². The molecule has 2 aliphatic carbocycles. The Bertz CT molecular complexity index is 732. The summed E-state index contributed by atoms with van der Waals surface area (Å²) in [4.78, 5) is 19.3. The summed E-state index contributed by atoms with van der Waals surface area (Å²) in [5.74, 6) is 2.67. The van der Waals surface area contributed by atoms with Crippen LogP contribution in [0.2, 0.25) is 0 Å². The van der Waals surface area contributed by atoms with Crippen molar-refractivity contribution < 1.29 is 9.18 Å². The third-order valence-electron chi connectivity index (χ3n) is 8.03. The molecule has 146 valence electrons. The molecule has 4 nitrogen and oxygen atoms in total. The molecule has 4 atom stereocenters. The molecule has 0 spiro atoms. The van der Waals surface area contributed by atoms with Crippen LogP contribution in [0, 0.1) is 29.0 Å². The number of carbonyl (C=O) groups is 1. The number of piperazine rings is 1. The second kappa shape index (κ2) is 6.47. The largest absolute Gasteiger partial charge is 0.366 e. The van der Waals surface area contributed by atoms with Crippen LogP contribution in [0.1, 0.15) is 26.2 Å². The number of carbonyl (C=O) groups excluding carboxylic acids is 1. The first-order valence-corrected chi connectivity index (χ1v) is 10.5. The van der Waals surface area contributed by atoms with Crippen molar-refractivity contribution in [3.05, 3.63) is 30.1 Å². The number of rotatable bonds is 3. The molecule has 1 aromatic rings. The summed E-state index contributed by atoms with van der Waals surface area (Å²) >= 11 is 0. The maximum absolute atomic E-state index is 14.0.